The molecule has 14 heavy (non-hydrogen) atoms. The molecule has 1 unspecified atom stereocenters. The second-order valence-electron chi connectivity index (χ2n) is 3.58. The van der Waals surface area contributed by atoms with Crippen LogP contribution in [0.25, 0.3) is 0 Å². The number of hydrogen-bond donors (Lipinski definition) is 0. The molecular formula is C10H18N2O2. The van der Waals surface area contributed by atoms with Gasteiger partial charge in [0.15, 0.2) is 5.54 Å². The standard InChI is InChI=1S/C10H18N2O2/c1-4-6-10(9(13)14-3)7-12(5-2)8-11-10/h8H,4-7H2,1-3H3. The van der Waals surface area contributed by atoms with Gasteiger partial charge in [-0.05, 0) is 13.3 Å². The SMILES string of the molecule is CCCC1(C(=O)OC)CN(CC)C=N1. The van der Waals surface area contributed by atoms with Crippen LogP contribution < -0.4 is 0 Å². The van der Waals surface area contributed by atoms with Gasteiger partial charge in [-0.1, -0.05) is 13.3 Å². The largest absolute Gasteiger partial charge is 0.467 e. The van der Waals surface area contributed by atoms with Gasteiger partial charge in [-0.25, -0.2) is 4.79 Å². The van der Waals surface area contributed by atoms with Gasteiger partial charge >= 0.3 is 5.97 Å². The number of esters is 1. The summed E-state index contributed by atoms with van der Waals surface area (Å²) in [5.41, 5.74) is -0.639. The second kappa shape index (κ2) is 4.44. The molecule has 0 saturated carbocycles. The Balaban J connectivity index is 2.76. The van der Waals surface area contributed by atoms with Crippen LogP contribution >= 0.6 is 0 Å². The third kappa shape index (κ3) is 1.89. The smallest absolute Gasteiger partial charge is 0.335 e. The molecule has 0 spiro atoms. The number of hydrogen-bond acceptors (Lipinski definition) is 4. The van der Waals surface area contributed by atoms with Crippen LogP contribution in [0, 0.1) is 0 Å². The van der Waals surface area contributed by atoms with Gasteiger partial charge in [-0.3, -0.25) is 4.99 Å². The van der Waals surface area contributed by atoms with E-state index in [2.05, 4.69) is 11.9 Å². The van der Waals surface area contributed by atoms with Crippen molar-refractivity contribution < 1.29 is 9.53 Å². The zero-order valence-electron chi connectivity index (χ0n) is 9.12. The zero-order valence-corrected chi connectivity index (χ0v) is 9.12. The number of carbonyl (C=O) groups is 1. The third-order valence-corrected chi connectivity index (χ3v) is 2.57. The van der Waals surface area contributed by atoms with E-state index >= 15 is 0 Å². The summed E-state index contributed by atoms with van der Waals surface area (Å²) in [6, 6.07) is 0. The topological polar surface area (TPSA) is 41.9 Å². The summed E-state index contributed by atoms with van der Waals surface area (Å²) in [6.07, 6.45) is 3.45. The normalized spacial score (nSPS) is 25.5. The first-order valence-electron chi connectivity index (χ1n) is 5.06. The maximum absolute atomic E-state index is 11.6. The van der Waals surface area contributed by atoms with E-state index in [1.807, 2.05) is 11.8 Å². The number of ether oxygens (including phenoxy) is 1. The fourth-order valence-electron chi connectivity index (χ4n) is 1.77. The quantitative estimate of drug-likeness (QED) is 0.634. The van der Waals surface area contributed by atoms with E-state index in [1.54, 1.807) is 6.34 Å². The molecule has 80 valence electrons. The van der Waals surface area contributed by atoms with Crippen LogP contribution in [0.5, 0.6) is 0 Å². The molecule has 0 saturated heterocycles. The van der Waals surface area contributed by atoms with Crippen molar-refractivity contribution in [2.24, 2.45) is 4.99 Å². The van der Waals surface area contributed by atoms with Crippen LogP contribution in [0.15, 0.2) is 4.99 Å². The van der Waals surface area contributed by atoms with E-state index in [9.17, 15) is 4.79 Å². The Morgan fingerprint density at radius 3 is 2.79 bits per heavy atom. The fraction of sp³-hybridized carbons (Fsp3) is 0.800. The zero-order chi connectivity index (χ0) is 10.6. The summed E-state index contributed by atoms with van der Waals surface area (Å²) >= 11 is 0. The molecule has 0 N–H and O–H groups in total. The molecule has 0 radical (unpaired) electrons. The molecule has 0 fully saturated rings. The van der Waals surface area contributed by atoms with E-state index < -0.39 is 5.54 Å². The number of rotatable bonds is 4. The molecule has 0 aromatic heterocycles. The number of aliphatic imine (C=N–C) groups is 1. The summed E-state index contributed by atoms with van der Waals surface area (Å²) in [5, 5.41) is 0. The molecule has 1 aliphatic heterocycles. The van der Waals surface area contributed by atoms with Crippen LogP contribution in [0.2, 0.25) is 0 Å². The Kier molecular flexibility index (Phi) is 3.49. The molecule has 1 aliphatic rings. The van der Waals surface area contributed by atoms with Crippen molar-refractivity contribution in [1.82, 2.24) is 4.90 Å². The summed E-state index contributed by atoms with van der Waals surface area (Å²) in [5.74, 6) is -0.216. The first-order chi connectivity index (χ1) is 6.68. The highest BCUT2D eigenvalue weighted by Crippen LogP contribution is 2.25. The average molecular weight is 198 g/mol. The van der Waals surface area contributed by atoms with Crippen LogP contribution in [-0.4, -0.2) is 42.9 Å². The number of nitrogens with zero attached hydrogens (tertiary/aromatic N) is 2. The van der Waals surface area contributed by atoms with Crippen molar-refractivity contribution in [3.63, 3.8) is 0 Å². The molecule has 1 rings (SSSR count). The van der Waals surface area contributed by atoms with Gasteiger partial charge in [0.05, 0.1) is 20.0 Å². The van der Waals surface area contributed by atoms with E-state index in [0.29, 0.717) is 6.54 Å². The first kappa shape index (κ1) is 11.0. The lowest BCUT2D eigenvalue weighted by molar-refractivity contribution is -0.147. The summed E-state index contributed by atoms with van der Waals surface area (Å²) in [4.78, 5) is 18.0. The minimum atomic E-state index is -0.639. The van der Waals surface area contributed by atoms with Crippen molar-refractivity contribution >= 4 is 12.3 Å². The highest BCUT2D eigenvalue weighted by molar-refractivity contribution is 5.85. The molecule has 1 heterocycles. The monoisotopic (exact) mass is 198 g/mol. The molecule has 1 atom stereocenters. The number of carbonyl (C=O) groups excluding carboxylic acids is 1. The minimum Gasteiger partial charge on any atom is -0.467 e. The van der Waals surface area contributed by atoms with E-state index in [1.165, 1.54) is 7.11 Å². The second-order valence-corrected chi connectivity index (χ2v) is 3.58. The van der Waals surface area contributed by atoms with Crippen molar-refractivity contribution in [2.75, 3.05) is 20.2 Å². The van der Waals surface area contributed by atoms with Crippen molar-refractivity contribution in [1.29, 1.82) is 0 Å². The molecule has 0 amide bonds. The van der Waals surface area contributed by atoms with Crippen LogP contribution in [0.4, 0.5) is 0 Å². The van der Waals surface area contributed by atoms with Crippen molar-refractivity contribution in [3.05, 3.63) is 0 Å². The molecule has 0 aliphatic carbocycles. The van der Waals surface area contributed by atoms with Gasteiger partial charge in [0.25, 0.3) is 0 Å². The van der Waals surface area contributed by atoms with Gasteiger partial charge < -0.3 is 9.64 Å². The van der Waals surface area contributed by atoms with Crippen LogP contribution in [0.1, 0.15) is 26.7 Å². The van der Waals surface area contributed by atoms with Gasteiger partial charge in [0.1, 0.15) is 0 Å². The Morgan fingerprint density at radius 1 is 1.64 bits per heavy atom. The number of methoxy groups -OCH3 is 1. The molecular weight excluding hydrogens is 180 g/mol. The Labute approximate surface area is 84.9 Å². The van der Waals surface area contributed by atoms with Gasteiger partial charge in [-0.2, -0.15) is 0 Å². The minimum absolute atomic E-state index is 0.216. The molecule has 4 heteroatoms. The highest BCUT2D eigenvalue weighted by atomic mass is 16.5. The first-order valence-corrected chi connectivity index (χ1v) is 5.06. The van der Waals surface area contributed by atoms with Crippen molar-refractivity contribution in [2.45, 2.75) is 32.2 Å². The fourth-order valence-corrected chi connectivity index (χ4v) is 1.77. The van der Waals surface area contributed by atoms with Crippen LogP contribution in [0.3, 0.4) is 0 Å². The van der Waals surface area contributed by atoms with Crippen LogP contribution in [-0.2, 0) is 9.53 Å². The summed E-state index contributed by atoms with van der Waals surface area (Å²) in [6.45, 7) is 5.64. The van der Waals surface area contributed by atoms with Gasteiger partial charge in [0, 0.05) is 6.54 Å². The van der Waals surface area contributed by atoms with Gasteiger partial charge in [-0.15, -0.1) is 0 Å². The van der Waals surface area contributed by atoms with Crippen molar-refractivity contribution in [3.8, 4) is 0 Å². The molecule has 0 aromatic rings. The maximum atomic E-state index is 11.6. The highest BCUT2D eigenvalue weighted by Gasteiger charge is 2.42. The summed E-state index contributed by atoms with van der Waals surface area (Å²) < 4.78 is 4.80. The van der Waals surface area contributed by atoms with Gasteiger partial charge in [0.2, 0.25) is 0 Å². The Morgan fingerprint density at radius 2 is 2.36 bits per heavy atom. The predicted molar refractivity (Wildman–Crippen MR) is 55.4 cm³/mol. The lowest BCUT2D eigenvalue weighted by Crippen LogP contribution is -2.42. The average Bonchev–Trinajstić information content (AvgIpc) is 2.62. The van der Waals surface area contributed by atoms with E-state index in [4.69, 9.17) is 4.74 Å². The molecule has 0 bridgehead atoms. The Bertz CT molecular complexity index is 240. The maximum Gasteiger partial charge on any atom is 0.335 e. The summed E-state index contributed by atoms with van der Waals surface area (Å²) in [7, 11) is 1.42. The predicted octanol–water partition coefficient (Wildman–Crippen LogP) is 1.06. The third-order valence-electron chi connectivity index (χ3n) is 2.57. The van der Waals surface area contributed by atoms with E-state index in [0.717, 1.165) is 19.4 Å². The molecule has 0 aromatic carbocycles. The lowest BCUT2D eigenvalue weighted by atomic mass is 9.95. The Hall–Kier alpha value is -1.06. The molecule has 4 nitrogen and oxygen atoms in total. The van der Waals surface area contributed by atoms with E-state index in [-0.39, 0.29) is 5.97 Å². The lowest BCUT2D eigenvalue weighted by Gasteiger charge is -2.24. The number of likely N-dealkylation sites (N-methyl/N-ethyl adjacent to an activating group) is 1.